The van der Waals surface area contributed by atoms with Gasteiger partial charge in [-0.05, 0) is 41.7 Å². The Hall–Kier alpha value is -1.32. The summed E-state index contributed by atoms with van der Waals surface area (Å²) < 4.78 is 1.80. The first kappa shape index (κ1) is 13.7. The van der Waals surface area contributed by atoms with Crippen molar-refractivity contribution < 1.29 is 0 Å². The largest absolute Gasteiger partial charge is 0.378 e. The molecular weight excluding hydrogens is 320 g/mol. The number of nitrogens with zero attached hydrogens (tertiary/aromatic N) is 3. The molecule has 0 spiro atoms. The summed E-state index contributed by atoms with van der Waals surface area (Å²) in [5.41, 5.74) is 0.580. The number of rotatable bonds is 3. The second kappa shape index (κ2) is 5.58. The molecule has 0 aromatic carbocycles. The molecule has 0 amide bonds. The number of hydrogen-bond donors (Lipinski definition) is 1. The van der Waals surface area contributed by atoms with E-state index in [1.807, 2.05) is 0 Å². The fourth-order valence-electron chi connectivity index (χ4n) is 3.22. The van der Waals surface area contributed by atoms with Crippen molar-refractivity contribution in [1.82, 2.24) is 14.7 Å². The van der Waals surface area contributed by atoms with E-state index in [2.05, 4.69) is 37.2 Å². The van der Waals surface area contributed by atoms with E-state index in [4.69, 9.17) is 6.42 Å². The van der Waals surface area contributed by atoms with Gasteiger partial charge in [0.15, 0.2) is 0 Å². The van der Waals surface area contributed by atoms with E-state index in [1.165, 1.54) is 24.1 Å². The summed E-state index contributed by atoms with van der Waals surface area (Å²) in [6.45, 7) is 2.53. The molecule has 2 aliphatic rings. The average Bonchev–Trinajstić information content (AvgIpc) is 3.03. The highest BCUT2D eigenvalue weighted by Crippen LogP contribution is 2.31. The smallest absolute Gasteiger partial charge is 0.284 e. The summed E-state index contributed by atoms with van der Waals surface area (Å²) in [6.07, 6.45) is 10.5. The number of nitrogens with one attached hydrogen (secondary N) is 1. The Kier molecular flexibility index (Phi) is 3.81. The maximum atomic E-state index is 12.1. The van der Waals surface area contributed by atoms with Crippen LogP contribution in [0, 0.1) is 12.3 Å². The topological polar surface area (TPSA) is 50.2 Å². The number of aromatic nitrogens is 2. The van der Waals surface area contributed by atoms with Gasteiger partial charge >= 0.3 is 0 Å². The van der Waals surface area contributed by atoms with Crippen molar-refractivity contribution in [2.24, 2.45) is 0 Å². The molecule has 1 aromatic rings. The SMILES string of the molecule is C#CCn1ncc(NC2CCN3CCCC23)c(Br)c1=O. The van der Waals surface area contributed by atoms with Crippen LogP contribution in [-0.4, -0.2) is 39.9 Å². The lowest BCUT2D eigenvalue weighted by Gasteiger charge is -2.22. The molecule has 3 rings (SSSR count). The van der Waals surface area contributed by atoms with Crippen molar-refractivity contribution in [3.8, 4) is 12.3 Å². The maximum Gasteiger partial charge on any atom is 0.284 e. The van der Waals surface area contributed by atoms with E-state index < -0.39 is 0 Å². The van der Waals surface area contributed by atoms with Gasteiger partial charge in [0.05, 0.1) is 11.9 Å². The number of halogens is 1. The summed E-state index contributed by atoms with van der Waals surface area (Å²) in [6, 6.07) is 0.994. The first-order valence-corrected chi connectivity index (χ1v) is 7.69. The van der Waals surface area contributed by atoms with Crippen molar-refractivity contribution in [2.75, 3.05) is 18.4 Å². The van der Waals surface area contributed by atoms with Crippen molar-refractivity contribution in [3.05, 3.63) is 21.0 Å². The predicted molar refractivity (Wildman–Crippen MR) is 81.7 cm³/mol. The van der Waals surface area contributed by atoms with Crippen LogP contribution in [0.2, 0.25) is 0 Å². The monoisotopic (exact) mass is 336 g/mol. The second-order valence-corrected chi connectivity index (χ2v) is 6.12. The Bertz CT molecular complexity index is 606. The van der Waals surface area contributed by atoms with Crippen LogP contribution in [0.3, 0.4) is 0 Å². The van der Waals surface area contributed by atoms with Gasteiger partial charge in [-0.2, -0.15) is 5.10 Å². The molecule has 6 heteroatoms. The summed E-state index contributed by atoms with van der Waals surface area (Å²) in [5, 5.41) is 7.59. The van der Waals surface area contributed by atoms with Gasteiger partial charge in [0, 0.05) is 18.6 Å². The molecule has 0 bridgehead atoms. The van der Waals surface area contributed by atoms with Gasteiger partial charge in [0.2, 0.25) is 0 Å². The van der Waals surface area contributed by atoms with Crippen LogP contribution in [0.25, 0.3) is 0 Å². The Morgan fingerprint density at radius 2 is 2.35 bits per heavy atom. The van der Waals surface area contributed by atoms with Gasteiger partial charge < -0.3 is 5.32 Å². The molecule has 5 nitrogen and oxygen atoms in total. The van der Waals surface area contributed by atoms with Crippen molar-refractivity contribution in [3.63, 3.8) is 0 Å². The summed E-state index contributed by atoms with van der Waals surface area (Å²) >= 11 is 3.36. The highest BCUT2D eigenvalue weighted by molar-refractivity contribution is 9.10. The van der Waals surface area contributed by atoms with E-state index in [-0.39, 0.29) is 12.1 Å². The fraction of sp³-hybridized carbons (Fsp3) is 0.571. The minimum Gasteiger partial charge on any atom is -0.378 e. The van der Waals surface area contributed by atoms with Crippen LogP contribution in [0.5, 0.6) is 0 Å². The van der Waals surface area contributed by atoms with Crippen LogP contribution >= 0.6 is 15.9 Å². The zero-order chi connectivity index (χ0) is 14.1. The lowest BCUT2D eigenvalue weighted by molar-refractivity contribution is 0.318. The minimum atomic E-state index is -0.186. The van der Waals surface area contributed by atoms with Gasteiger partial charge in [0.25, 0.3) is 5.56 Å². The molecule has 0 aliphatic carbocycles. The molecule has 106 valence electrons. The zero-order valence-electron chi connectivity index (χ0n) is 11.2. The lowest BCUT2D eigenvalue weighted by Crippen LogP contribution is -2.34. The average molecular weight is 337 g/mol. The normalized spacial score (nSPS) is 25.4. The molecule has 2 unspecified atom stereocenters. The van der Waals surface area contributed by atoms with Gasteiger partial charge in [-0.1, -0.05) is 5.92 Å². The van der Waals surface area contributed by atoms with Crippen LogP contribution in [0.4, 0.5) is 5.69 Å². The molecule has 0 saturated carbocycles. The molecule has 2 aliphatic heterocycles. The quantitative estimate of drug-likeness (QED) is 0.845. The van der Waals surface area contributed by atoms with E-state index >= 15 is 0 Å². The van der Waals surface area contributed by atoms with E-state index in [0.29, 0.717) is 16.6 Å². The van der Waals surface area contributed by atoms with Gasteiger partial charge in [-0.25, -0.2) is 4.68 Å². The third-order valence-electron chi connectivity index (χ3n) is 4.17. The summed E-state index contributed by atoms with van der Waals surface area (Å²) in [5.74, 6) is 2.43. The standard InChI is InChI=1S/C14H17BrN4O/c1-2-6-19-14(20)13(15)11(9-16-19)17-10-5-8-18-7-3-4-12(10)18/h1,9-10,12,17H,3-8H2. The Morgan fingerprint density at radius 3 is 3.15 bits per heavy atom. The van der Waals surface area contributed by atoms with Crippen LogP contribution in [0.15, 0.2) is 15.5 Å². The molecule has 2 fully saturated rings. The van der Waals surface area contributed by atoms with Crippen LogP contribution < -0.4 is 10.9 Å². The third-order valence-corrected chi connectivity index (χ3v) is 4.94. The van der Waals surface area contributed by atoms with Gasteiger partial charge in [-0.15, -0.1) is 6.42 Å². The Labute approximate surface area is 126 Å². The molecule has 20 heavy (non-hydrogen) atoms. The second-order valence-electron chi connectivity index (χ2n) is 5.32. The molecule has 2 saturated heterocycles. The van der Waals surface area contributed by atoms with E-state index in [1.54, 1.807) is 6.20 Å². The van der Waals surface area contributed by atoms with E-state index in [0.717, 1.165) is 18.7 Å². The fourth-order valence-corrected chi connectivity index (χ4v) is 3.64. The number of terminal acetylenes is 1. The van der Waals surface area contributed by atoms with Gasteiger partial charge in [0.1, 0.15) is 11.0 Å². The summed E-state index contributed by atoms with van der Waals surface area (Å²) in [4.78, 5) is 14.6. The number of anilines is 1. The highest BCUT2D eigenvalue weighted by atomic mass is 79.9. The molecular formula is C14H17BrN4O. The molecule has 3 heterocycles. The predicted octanol–water partition coefficient (Wildman–Crippen LogP) is 1.29. The lowest BCUT2D eigenvalue weighted by atomic mass is 10.1. The summed E-state index contributed by atoms with van der Waals surface area (Å²) in [7, 11) is 0. The maximum absolute atomic E-state index is 12.1. The zero-order valence-corrected chi connectivity index (χ0v) is 12.8. The Balaban J connectivity index is 1.80. The molecule has 2 atom stereocenters. The number of fused-ring (bicyclic) bond motifs is 1. The van der Waals surface area contributed by atoms with E-state index in [9.17, 15) is 4.79 Å². The van der Waals surface area contributed by atoms with Crippen molar-refractivity contribution in [1.29, 1.82) is 0 Å². The number of hydrogen-bond acceptors (Lipinski definition) is 4. The minimum absolute atomic E-state index is 0.186. The van der Waals surface area contributed by atoms with Crippen molar-refractivity contribution >= 4 is 21.6 Å². The molecule has 1 N–H and O–H groups in total. The van der Waals surface area contributed by atoms with Crippen LogP contribution in [-0.2, 0) is 6.54 Å². The first-order chi connectivity index (χ1) is 9.70. The van der Waals surface area contributed by atoms with Crippen LogP contribution in [0.1, 0.15) is 19.3 Å². The molecule has 1 aromatic heterocycles. The molecule has 0 radical (unpaired) electrons. The Morgan fingerprint density at radius 1 is 1.50 bits per heavy atom. The highest BCUT2D eigenvalue weighted by Gasteiger charge is 2.37. The first-order valence-electron chi connectivity index (χ1n) is 6.90. The third kappa shape index (κ3) is 2.36. The van der Waals surface area contributed by atoms with Gasteiger partial charge in [-0.3, -0.25) is 9.69 Å². The van der Waals surface area contributed by atoms with Crippen molar-refractivity contribution in [2.45, 2.75) is 37.9 Å².